The summed E-state index contributed by atoms with van der Waals surface area (Å²) in [6.07, 6.45) is 7.63. The number of hydrogen-bond acceptors (Lipinski definition) is 5. The molecule has 7 nitrogen and oxygen atoms in total. The van der Waals surface area contributed by atoms with Gasteiger partial charge in [0, 0.05) is 55.2 Å². The standard InChI is InChI=1S/C53H36N6O/c1-3-5-17-34(4-2)50-55-51(35-18-8-6-9-19-35)57-52(56-50)36-28-29-49-44(31-36)54-53(60-49)37-20-16-23-39(30-37)59-46-27-15-13-25-41(46)43-32-42-40-24-12-14-26-45(40)58(47(42)33-48(43)59)38-21-10-7-11-22-38/h3-33H,2H2,1H3/b5-3-,34-17+. The van der Waals surface area contributed by atoms with Gasteiger partial charge in [-0.2, -0.15) is 0 Å². The summed E-state index contributed by atoms with van der Waals surface area (Å²) in [6.45, 7) is 6.00. The summed E-state index contributed by atoms with van der Waals surface area (Å²) in [7, 11) is 0. The third-order valence-electron chi connectivity index (χ3n) is 11.1. The Bertz CT molecular complexity index is 3520. The molecule has 0 amide bonds. The minimum atomic E-state index is 0.529. The predicted molar refractivity (Wildman–Crippen MR) is 245 cm³/mol. The van der Waals surface area contributed by atoms with Crippen LogP contribution >= 0.6 is 0 Å². The molecule has 0 aliphatic rings. The predicted octanol–water partition coefficient (Wildman–Crippen LogP) is 13.4. The van der Waals surface area contributed by atoms with Gasteiger partial charge in [0.2, 0.25) is 5.89 Å². The topological polar surface area (TPSA) is 74.6 Å². The van der Waals surface area contributed by atoms with E-state index < -0.39 is 0 Å². The molecule has 11 rings (SSSR count). The summed E-state index contributed by atoms with van der Waals surface area (Å²) in [4.78, 5) is 19.7. The van der Waals surface area contributed by atoms with Crippen molar-refractivity contribution >= 4 is 60.3 Å². The van der Waals surface area contributed by atoms with E-state index in [0.29, 0.717) is 34.5 Å². The van der Waals surface area contributed by atoms with Crippen molar-refractivity contribution in [3.8, 4) is 45.6 Å². The summed E-state index contributed by atoms with van der Waals surface area (Å²) < 4.78 is 11.2. The van der Waals surface area contributed by atoms with Crippen molar-refractivity contribution < 1.29 is 4.42 Å². The first kappa shape index (κ1) is 35.0. The molecule has 0 bridgehead atoms. The fourth-order valence-corrected chi connectivity index (χ4v) is 8.32. The van der Waals surface area contributed by atoms with Crippen LogP contribution in [0.4, 0.5) is 0 Å². The van der Waals surface area contributed by atoms with Gasteiger partial charge in [-0.05, 0) is 79.7 Å². The first-order chi connectivity index (χ1) is 29.6. The molecule has 0 saturated carbocycles. The number of rotatable bonds is 8. The lowest BCUT2D eigenvalue weighted by molar-refractivity contribution is 0.620. The molecular weight excluding hydrogens is 737 g/mol. The third kappa shape index (κ3) is 5.83. The van der Waals surface area contributed by atoms with Gasteiger partial charge < -0.3 is 13.6 Å². The fourth-order valence-electron chi connectivity index (χ4n) is 8.32. The quantitative estimate of drug-likeness (QED) is 0.144. The monoisotopic (exact) mass is 772 g/mol. The number of aromatic nitrogens is 6. The molecule has 4 aromatic heterocycles. The molecule has 0 unspecified atom stereocenters. The second-order valence-electron chi connectivity index (χ2n) is 14.7. The average Bonchev–Trinajstić information content (AvgIpc) is 3.99. The van der Waals surface area contributed by atoms with Gasteiger partial charge in [0.15, 0.2) is 23.1 Å². The van der Waals surface area contributed by atoms with Crippen molar-refractivity contribution in [1.82, 2.24) is 29.1 Å². The van der Waals surface area contributed by atoms with E-state index in [0.717, 1.165) is 50.2 Å². The number of hydrogen-bond donors (Lipinski definition) is 0. The van der Waals surface area contributed by atoms with Crippen LogP contribution < -0.4 is 0 Å². The normalized spacial score (nSPS) is 12.2. The summed E-state index contributed by atoms with van der Waals surface area (Å²) in [5, 5.41) is 4.84. The highest BCUT2D eigenvalue weighted by atomic mass is 16.3. The minimum Gasteiger partial charge on any atom is -0.436 e. The number of nitrogens with zero attached hydrogens (tertiary/aromatic N) is 6. The molecule has 0 aliphatic heterocycles. The molecule has 0 saturated heterocycles. The largest absolute Gasteiger partial charge is 0.436 e. The van der Waals surface area contributed by atoms with Crippen molar-refractivity contribution in [3.63, 3.8) is 0 Å². The summed E-state index contributed by atoms with van der Waals surface area (Å²) in [5.74, 6) is 2.18. The number of fused-ring (bicyclic) bond motifs is 7. The van der Waals surface area contributed by atoms with Crippen LogP contribution in [0, 0.1) is 0 Å². The third-order valence-corrected chi connectivity index (χ3v) is 11.1. The maximum absolute atomic E-state index is 6.46. The van der Waals surface area contributed by atoms with Crippen molar-refractivity contribution in [2.24, 2.45) is 0 Å². The minimum absolute atomic E-state index is 0.529. The lowest BCUT2D eigenvalue weighted by atomic mass is 10.1. The van der Waals surface area contributed by atoms with E-state index in [1.807, 2.05) is 79.7 Å². The molecule has 4 heterocycles. The Labute approximate surface area is 345 Å². The highest BCUT2D eigenvalue weighted by Gasteiger charge is 2.20. The van der Waals surface area contributed by atoms with Gasteiger partial charge in [-0.15, -0.1) is 0 Å². The molecule has 7 aromatic carbocycles. The van der Waals surface area contributed by atoms with Crippen LogP contribution in [0.1, 0.15) is 12.7 Å². The van der Waals surface area contributed by atoms with Crippen LogP contribution in [0.3, 0.4) is 0 Å². The Balaban J connectivity index is 1.04. The van der Waals surface area contributed by atoms with Crippen molar-refractivity contribution in [3.05, 3.63) is 200 Å². The summed E-state index contributed by atoms with van der Waals surface area (Å²) >= 11 is 0. The van der Waals surface area contributed by atoms with Crippen LogP contribution in [0.15, 0.2) is 199 Å². The molecular formula is C53H36N6O. The van der Waals surface area contributed by atoms with E-state index >= 15 is 0 Å². The first-order valence-corrected chi connectivity index (χ1v) is 20.0. The van der Waals surface area contributed by atoms with Crippen LogP contribution in [-0.2, 0) is 0 Å². The SMILES string of the molecule is C=C/C(=C\C=C/C)c1nc(-c2ccccc2)nc(-c2ccc3oc(-c4cccc(-n5c6ccccc6c6cc7c8ccccc8n(-c8ccccc8)c7cc65)c4)nc3c2)n1. The zero-order valence-corrected chi connectivity index (χ0v) is 32.7. The van der Waals surface area contributed by atoms with Crippen LogP contribution in [-0.4, -0.2) is 29.1 Å². The van der Waals surface area contributed by atoms with E-state index in [4.69, 9.17) is 24.4 Å². The van der Waals surface area contributed by atoms with E-state index in [1.54, 1.807) is 6.08 Å². The van der Waals surface area contributed by atoms with Gasteiger partial charge >= 0.3 is 0 Å². The van der Waals surface area contributed by atoms with Gasteiger partial charge in [-0.25, -0.2) is 19.9 Å². The number of benzene rings is 7. The molecule has 7 heteroatoms. The van der Waals surface area contributed by atoms with E-state index in [9.17, 15) is 0 Å². The number of oxazole rings is 1. The maximum Gasteiger partial charge on any atom is 0.227 e. The zero-order valence-electron chi connectivity index (χ0n) is 32.7. The van der Waals surface area contributed by atoms with E-state index in [1.165, 1.54) is 27.1 Å². The lowest BCUT2D eigenvalue weighted by Crippen LogP contribution is -2.02. The Morgan fingerprint density at radius 3 is 1.83 bits per heavy atom. The lowest BCUT2D eigenvalue weighted by Gasteiger charge is -2.10. The Morgan fingerprint density at radius 2 is 1.13 bits per heavy atom. The fraction of sp³-hybridized carbons (Fsp3) is 0.0189. The zero-order chi connectivity index (χ0) is 40.2. The number of para-hydroxylation sites is 3. The van der Waals surface area contributed by atoms with Crippen molar-refractivity contribution in [1.29, 1.82) is 0 Å². The average molecular weight is 773 g/mol. The van der Waals surface area contributed by atoms with Crippen LogP contribution in [0.2, 0.25) is 0 Å². The van der Waals surface area contributed by atoms with Crippen molar-refractivity contribution in [2.75, 3.05) is 0 Å². The second kappa shape index (κ2) is 14.3. The molecule has 0 spiro atoms. The first-order valence-electron chi connectivity index (χ1n) is 20.0. The highest BCUT2D eigenvalue weighted by Crippen LogP contribution is 2.40. The smallest absolute Gasteiger partial charge is 0.227 e. The van der Waals surface area contributed by atoms with Gasteiger partial charge in [0.05, 0.1) is 22.1 Å². The molecule has 0 aliphatic carbocycles. The molecule has 0 N–H and O–H groups in total. The van der Waals surface area contributed by atoms with Gasteiger partial charge in [0.25, 0.3) is 0 Å². The Kier molecular flexibility index (Phi) is 8.37. The molecule has 0 radical (unpaired) electrons. The molecule has 60 heavy (non-hydrogen) atoms. The molecule has 0 atom stereocenters. The maximum atomic E-state index is 6.46. The molecule has 284 valence electrons. The molecule has 11 aromatic rings. The Morgan fingerprint density at radius 1 is 0.517 bits per heavy atom. The Hall–Kier alpha value is -8.16. The molecule has 0 fully saturated rings. The second-order valence-corrected chi connectivity index (χ2v) is 14.7. The van der Waals surface area contributed by atoms with Gasteiger partial charge in [-0.1, -0.05) is 122 Å². The summed E-state index contributed by atoms with van der Waals surface area (Å²) in [5.41, 5.74) is 11.5. The van der Waals surface area contributed by atoms with Gasteiger partial charge in [-0.3, -0.25) is 0 Å². The number of allylic oxidation sites excluding steroid dienone is 5. The van der Waals surface area contributed by atoms with E-state index in [2.05, 4.69) is 125 Å². The van der Waals surface area contributed by atoms with Crippen LogP contribution in [0.25, 0.3) is 106 Å². The van der Waals surface area contributed by atoms with E-state index in [-0.39, 0.29) is 0 Å². The summed E-state index contributed by atoms with van der Waals surface area (Å²) in [6, 6.07) is 56.8. The van der Waals surface area contributed by atoms with Gasteiger partial charge in [0.1, 0.15) is 5.52 Å². The van der Waals surface area contributed by atoms with Crippen LogP contribution in [0.5, 0.6) is 0 Å². The van der Waals surface area contributed by atoms with Crippen molar-refractivity contribution in [2.45, 2.75) is 6.92 Å². The highest BCUT2D eigenvalue weighted by molar-refractivity contribution is 6.19.